The van der Waals surface area contributed by atoms with Crippen LogP contribution in [-0.2, 0) is 22.7 Å². The minimum Gasteiger partial charge on any atom is -0.396 e. The van der Waals surface area contributed by atoms with Crippen molar-refractivity contribution in [2.75, 3.05) is 6.61 Å². The second-order valence-corrected chi connectivity index (χ2v) is 5.85. The summed E-state index contributed by atoms with van der Waals surface area (Å²) in [7, 11) is 0. The molecule has 2 aromatic carbocycles. The molecular weight excluding hydrogens is 304 g/mol. The molecule has 0 aliphatic heterocycles. The zero-order chi connectivity index (χ0) is 17.2. The van der Waals surface area contributed by atoms with Crippen molar-refractivity contribution in [2.24, 2.45) is 0 Å². The third-order valence-electron chi connectivity index (χ3n) is 3.85. The van der Waals surface area contributed by atoms with Gasteiger partial charge in [-0.2, -0.15) is 0 Å². The van der Waals surface area contributed by atoms with Crippen molar-refractivity contribution in [1.29, 1.82) is 0 Å². The third-order valence-corrected chi connectivity index (χ3v) is 3.85. The molecule has 0 saturated carbocycles. The smallest absolute Gasteiger partial charge is 0.110 e. The van der Waals surface area contributed by atoms with E-state index in [0.29, 0.717) is 19.6 Å². The van der Waals surface area contributed by atoms with Gasteiger partial charge in [0, 0.05) is 6.61 Å². The maximum absolute atomic E-state index is 10.1. The lowest BCUT2D eigenvalue weighted by atomic mass is 10.1. The van der Waals surface area contributed by atoms with Gasteiger partial charge in [0.25, 0.3) is 0 Å². The Hall–Kier alpha value is -1.72. The number of benzene rings is 2. The van der Waals surface area contributed by atoms with Crippen molar-refractivity contribution in [2.45, 2.75) is 44.9 Å². The molecule has 0 bridgehead atoms. The second kappa shape index (κ2) is 10.2. The fourth-order valence-electron chi connectivity index (χ4n) is 2.57. The molecule has 0 aromatic heterocycles. The van der Waals surface area contributed by atoms with Crippen LogP contribution in [0.15, 0.2) is 60.7 Å². The minimum atomic E-state index is -0.693. The number of rotatable bonds is 10. The van der Waals surface area contributed by atoms with Crippen molar-refractivity contribution in [3.63, 3.8) is 0 Å². The van der Waals surface area contributed by atoms with E-state index >= 15 is 0 Å². The van der Waals surface area contributed by atoms with E-state index in [-0.39, 0.29) is 12.7 Å². The fourth-order valence-corrected chi connectivity index (χ4v) is 2.57. The second-order valence-electron chi connectivity index (χ2n) is 5.85. The summed E-state index contributed by atoms with van der Waals surface area (Å²) < 4.78 is 11.8. The molecule has 130 valence electrons. The van der Waals surface area contributed by atoms with E-state index in [0.717, 1.165) is 11.1 Å². The van der Waals surface area contributed by atoms with Crippen molar-refractivity contribution < 1.29 is 19.7 Å². The third kappa shape index (κ3) is 6.06. The Morgan fingerprint density at radius 1 is 0.833 bits per heavy atom. The lowest BCUT2D eigenvalue weighted by Crippen LogP contribution is -2.40. The van der Waals surface area contributed by atoms with Crippen LogP contribution in [-0.4, -0.2) is 35.1 Å². The van der Waals surface area contributed by atoms with Gasteiger partial charge in [0.1, 0.15) is 6.10 Å². The normalized spacial score (nSPS) is 15.0. The van der Waals surface area contributed by atoms with Gasteiger partial charge < -0.3 is 19.7 Å². The molecule has 0 amide bonds. The van der Waals surface area contributed by atoms with Gasteiger partial charge in [0.05, 0.1) is 25.4 Å². The van der Waals surface area contributed by atoms with Crippen LogP contribution in [0, 0.1) is 0 Å². The summed E-state index contributed by atoms with van der Waals surface area (Å²) in [4.78, 5) is 0. The predicted molar refractivity (Wildman–Crippen MR) is 93.4 cm³/mol. The highest BCUT2D eigenvalue weighted by Crippen LogP contribution is 2.17. The predicted octanol–water partition coefficient (Wildman–Crippen LogP) is 2.92. The highest BCUT2D eigenvalue weighted by atomic mass is 16.5. The molecule has 0 aliphatic rings. The summed E-state index contributed by atoms with van der Waals surface area (Å²) in [5.41, 5.74) is 2.08. The molecular formula is C20H26O4. The summed E-state index contributed by atoms with van der Waals surface area (Å²) in [5.74, 6) is 0. The van der Waals surface area contributed by atoms with Crippen molar-refractivity contribution in [3.05, 3.63) is 71.8 Å². The zero-order valence-corrected chi connectivity index (χ0v) is 14.0. The molecule has 0 spiro atoms. The van der Waals surface area contributed by atoms with Gasteiger partial charge in [-0.15, -0.1) is 0 Å². The van der Waals surface area contributed by atoms with Gasteiger partial charge in [-0.05, 0) is 24.5 Å². The Morgan fingerprint density at radius 3 is 1.79 bits per heavy atom. The molecule has 4 heteroatoms. The van der Waals surface area contributed by atoms with E-state index in [1.54, 1.807) is 6.92 Å². The van der Waals surface area contributed by atoms with Crippen LogP contribution in [0.1, 0.15) is 24.5 Å². The molecule has 2 aromatic rings. The van der Waals surface area contributed by atoms with E-state index in [1.165, 1.54) is 0 Å². The number of hydrogen-bond donors (Lipinski definition) is 2. The van der Waals surface area contributed by atoms with Crippen LogP contribution in [0.3, 0.4) is 0 Å². The Kier molecular flexibility index (Phi) is 7.92. The molecule has 0 saturated heterocycles. The molecule has 4 nitrogen and oxygen atoms in total. The topological polar surface area (TPSA) is 58.9 Å². The molecule has 0 fully saturated rings. The summed E-state index contributed by atoms with van der Waals surface area (Å²) in [5, 5.41) is 19.4. The molecule has 0 heterocycles. The fraction of sp³-hybridized carbons (Fsp3) is 0.400. The van der Waals surface area contributed by atoms with Gasteiger partial charge in [-0.1, -0.05) is 60.7 Å². The number of aliphatic hydroxyl groups excluding tert-OH is 2. The molecule has 0 unspecified atom stereocenters. The van der Waals surface area contributed by atoms with Crippen LogP contribution < -0.4 is 0 Å². The summed E-state index contributed by atoms with van der Waals surface area (Å²) >= 11 is 0. The first-order valence-electron chi connectivity index (χ1n) is 8.30. The molecule has 2 rings (SSSR count). The molecule has 0 aliphatic carbocycles. The Bertz CT molecular complexity index is 556. The van der Waals surface area contributed by atoms with E-state index in [2.05, 4.69) is 0 Å². The van der Waals surface area contributed by atoms with E-state index < -0.39 is 12.2 Å². The maximum atomic E-state index is 10.1. The van der Waals surface area contributed by atoms with Crippen LogP contribution in [0.5, 0.6) is 0 Å². The first-order valence-corrected chi connectivity index (χ1v) is 8.30. The first kappa shape index (κ1) is 18.6. The van der Waals surface area contributed by atoms with Crippen LogP contribution >= 0.6 is 0 Å². The van der Waals surface area contributed by atoms with E-state index in [4.69, 9.17) is 9.47 Å². The summed E-state index contributed by atoms with van der Waals surface area (Å²) in [6.45, 7) is 2.49. The highest BCUT2D eigenvalue weighted by Gasteiger charge is 2.27. The number of aliphatic hydroxyl groups is 2. The van der Waals surface area contributed by atoms with Gasteiger partial charge >= 0.3 is 0 Å². The largest absolute Gasteiger partial charge is 0.396 e. The maximum Gasteiger partial charge on any atom is 0.110 e. The van der Waals surface area contributed by atoms with Gasteiger partial charge in [-0.3, -0.25) is 0 Å². The van der Waals surface area contributed by atoms with Crippen LogP contribution in [0.2, 0.25) is 0 Å². The minimum absolute atomic E-state index is 0.0165. The van der Waals surface area contributed by atoms with Gasteiger partial charge in [-0.25, -0.2) is 0 Å². The quantitative estimate of drug-likeness (QED) is 0.703. The number of ether oxygens (including phenoxy) is 2. The SMILES string of the molecule is C[C@H](O)[C@H](OCc1ccccc1)[C@H](CCO)OCc1ccccc1. The van der Waals surface area contributed by atoms with E-state index in [9.17, 15) is 10.2 Å². The summed E-state index contributed by atoms with van der Waals surface area (Å²) in [6.07, 6.45) is -1.15. The Balaban J connectivity index is 1.97. The van der Waals surface area contributed by atoms with Gasteiger partial charge in [0.15, 0.2) is 0 Å². The van der Waals surface area contributed by atoms with Crippen LogP contribution in [0.4, 0.5) is 0 Å². The van der Waals surface area contributed by atoms with Crippen molar-refractivity contribution in [3.8, 4) is 0 Å². The Labute approximate surface area is 143 Å². The molecule has 3 atom stereocenters. The van der Waals surface area contributed by atoms with Crippen molar-refractivity contribution in [1.82, 2.24) is 0 Å². The number of hydrogen-bond acceptors (Lipinski definition) is 4. The summed E-state index contributed by atoms with van der Waals surface area (Å²) in [6, 6.07) is 19.6. The lowest BCUT2D eigenvalue weighted by Gasteiger charge is -2.29. The first-order chi connectivity index (χ1) is 11.7. The molecule has 2 N–H and O–H groups in total. The Morgan fingerprint density at radius 2 is 1.33 bits per heavy atom. The lowest BCUT2D eigenvalue weighted by molar-refractivity contribution is -0.132. The van der Waals surface area contributed by atoms with Crippen LogP contribution in [0.25, 0.3) is 0 Å². The van der Waals surface area contributed by atoms with E-state index in [1.807, 2.05) is 60.7 Å². The van der Waals surface area contributed by atoms with Gasteiger partial charge in [0.2, 0.25) is 0 Å². The highest BCUT2D eigenvalue weighted by molar-refractivity contribution is 5.14. The average molecular weight is 330 g/mol. The molecule has 24 heavy (non-hydrogen) atoms. The monoisotopic (exact) mass is 330 g/mol. The average Bonchev–Trinajstić information content (AvgIpc) is 2.61. The molecule has 0 radical (unpaired) electrons. The zero-order valence-electron chi connectivity index (χ0n) is 14.0. The standard InChI is InChI=1S/C20H26O4/c1-16(22)20(24-15-18-10-6-3-7-11-18)19(12-13-21)23-14-17-8-4-2-5-9-17/h2-11,16,19-22H,12-15H2,1H3/t16-,19-,20-/m0/s1. The van der Waals surface area contributed by atoms with Crippen molar-refractivity contribution >= 4 is 0 Å².